The minimum absolute atomic E-state index is 0.0166. The van der Waals surface area contributed by atoms with Gasteiger partial charge in [0.05, 0.1) is 30.0 Å². The van der Waals surface area contributed by atoms with Crippen LogP contribution in [0.4, 0.5) is 4.39 Å². The first kappa shape index (κ1) is 26.3. The number of carbonyl (C=O) groups is 1. The molecule has 0 aliphatic carbocycles. The standard InChI is InChI=1S/C25H25Br2FN2O4/c1-14(2)25-29-23(16-9-17(26)11-18(27)10-16)24(15-3-5-19(28)6-4-15)30(25)8-7-20(31)12-21(32)13-22(33)34/h3-11,14,20-21,31-32H,12-13H2,1-2H3,(H,33,34)/b8-7+. The molecule has 2 aromatic carbocycles. The molecule has 1 aromatic heterocycles. The summed E-state index contributed by atoms with van der Waals surface area (Å²) in [6, 6.07) is 11.9. The van der Waals surface area contributed by atoms with Gasteiger partial charge in [0.15, 0.2) is 0 Å². The lowest BCUT2D eigenvalue weighted by Crippen LogP contribution is -2.19. The quantitative estimate of drug-likeness (QED) is 0.279. The van der Waals surface area contributed by atoms with Gasteiger partial charge in [-0.15, -0.1) is 0 Å². The van der Waals surface area contributed by atoms with Crippen molar-refractivity contribution in [3.63, 3.8) is 0 Å². The summed E-state index contributed by atoms with van der Waals surface area (Å²) in [5.41, 5.74) is 2.97. The summed E-state index contributed by atoms with van der Waals surface area (Å²) in [6.45, 7) is 3.99. The largest absolute Gasteiger partial charge is 0.481 e. The van der Waals surface area contributed by atoms with Crippen LogP contribution in [0.15, 0.2) is 57.5 Å². The van der Waals surface area contributed by atoms with Crippen LogP contribution in [-0.2, 0) is 4.79 Å². The van der Waals surface area contributed by atoms with Crippen LogP contribution in [0.5, 0.6) is 0 Å². The molecule has 0 saturated carbocycles. The molecular formula is C25H25Br2FN2O4. The van der Waals surface area contributed by atoms with Crippen LogP contribution in [0.25, 0.3) is 28.7 Å². The van der Waals surface area contributed by atoms with Gasteiger partial charge in [0.1, 0.15) is 11.6 Å². The lowest BCUT2D eigenvalue weighted by Gasteiger charge is -2.13. The molecule has 1 heterocycles. The summed E-state index contributed by atoms with van der Waals surface area (Å²) >= 11 is 7.04. The lowest BCUT2D eigenvalue weighted by atomic mass is 10.0. The highest BCUT2D eigenvalue weighted by atomic mass is 79.9. The number of benzene rings is 2. The van der Waals surface area contributed by atoms with Crippen LogP contribution >= 0.6 is 31.9 Å². The first-order valence-electron chi connectivity index (χ1n) is 10.7. The first-order chi connectivity index (χ1) is 16.0. The molecule has 0 amide bonds. The zero-order valence-electron chi connectivity index (χ0n) is 18.6. The molecule has 6 nitrogen and oxygen atoms in total. The number of rotatable bonds is 9. The van der Waals surface area contributed by atoms with Crippen LogP contribution in [0.3, 0.4) is 0 Å². The van der Waals surface area contributed by atoms with Crippen molar-refractivity contribution in [1.82, 2.24) is 9.55 Å². The minimum atomic E-state index is -1.17. The van der Waals surface area contributed by atoms with Crippen LogP contribution < -0.4 is 0 Å². The Morgan fingerprint density at radius 3 is 2.26 bits per heavy atom. The van der Waals surface area contributed by atoms with Gasteiger partial charge in [-0.2, -0.15) is 0 Å². The van der Waals surface area contributed by atoms with E-state index in [-0.39, 0.29) is 18.2 Å². The summed E-state index contributed by atoms with van der Waals surface area (Å²) in [4.78, 5) is 15.7. The number of imidazole rings is 1. The number of aromatic nitrogens is 2. The maximum Gasteiger partial charge on any atom is 0.305 e. The first-order valence-corrected chi connectivity index (χ1v) is 12.2. The molecule has 0 aliphatic heterocycles. The van der Waals surface area contributed by atoms with E-state index in [1.807, 2.05) is 36.6 Å². The molecule has 3 N–H and O–H groups in total. The van der Waals surface area contributed by atoms with E-state index < -0.39 is 24.6 Å². The summed E-state index contributed by atoms with van der Waals surface area (Å²) in [5, 5.41) is 29.1. The van der Waals surface area contributed by atoms with Crippen molar-refractivity contribution < 1.29 is 24.5 Å². The lowest BCUT2D eigenvalue weighted by molar-refractivity contribution is -0.139. The smallest absolute Gasteiger partial charge is 0.305 e. The van der Waals surface area contributed by atoms with Gasteiger partial charge in [-0.25, -0.2) is 9.37 Å². The van der Waals surface area contributed by atoms with Crippen molar-refractivity contribution in [2.75, 3.05) is 0 Å². The Bertz CT molecular complexity index is 1170. The van der Waals surface area contributed by atoms with E-state index in [9.17, 15) is 19.4 Å². The van der Waals surface area contributed by atoms with E-state index in [1.54, 1.807) is 18.3 Å². The second kappa shape index (κ2) is 11.4. The van der Waals surface area contributed by atoms with Crippen molar-refractivity contribution >= 4 is 44.0 Å². The Morgan fingerprint density at radius 2 is 1.71 bits per heavy atom. The summed E-state index contributed by atoms with van der Waals surface area (Å²) < 4.78 is 17.3. The average molecular weight is 596 g/mol. The Morgan fingerprint density at radius 1 is 1.09 bits per heavy atom. The number of hydrogen-bond acceptors (Lipinski definition) is 4. The second-order valence-corrected chi connectivity index (χ2v) is 10.1. The van der Waals surface area contributed by atoms with Gasteiger partial charge < -0.3 is 19.9 Å². The van der Waals surface area contributed by atoms with Gasteiger partial charge >= 0.3 is 5.97 Å². The van der Waals surface area contributed by atoms with Crippen molar-refractivity contribution in [3.05, 3.63) is 69.1 Å². The Labute approximate surface area is 214 Å². The van der Waals surface area contributed by atoms with E-state index in [1.165, 1.54) is 18.2 Å². The van der Waals surface area contributed by atoms with Crippen LogP contribution in [0.1, 0.15) is 38.4 Å². The fourth-order valence-corrected chi connectivity index (χ4v) is 4.90. The number of carboxylic acids is 1. The molecule has 0 fully saturated rings. The van der Waals surface area contributed by atoms with Gasteiger partial charge in [0.25, 0.3) is 0 Å². The second-order valence-electron chi connectivity index (χ2n) is 8.25. The minimum Gasteiger partial charge on any atom is -0.481 e. The predicted octanol–water partition coefficient (Wildman–Crippen LogP) is 6.06. The van der Waals surface area contributed by atoms with Gasteiger partial charge in [0.2, 0.25) is 0 Å². The summed E-state index contributed by atoms with van der Waals surface area (Å²) in [5.74, 6) is -0.754. The molecule has 3 rings (SSSR count). The Kier molecular flexibility index (Phi) is 8.81. The number of hydrogen-bond donors (Lipinski definition) is 3. The molecule has 0 spiro atoms. The van der Waals surface area contributed by atoms with E-state index in [0.717, 1.165) is 25.9 Å². The van der Waals surface area contributed by atoms with E-state index >= 15 is 0 Å². The molecule has 3 aromatic rings. The third kappa shape index (κ3) is 6.63. The monoisotopic (exact) mass is 594 g/mol. The normalized spacial score (nSPS) is 13.5. The third-order valence-electron chi connectivity index (χ3n) is 5.09. The van der Waals surface area contributed by atoms with Gasteiger partial charge in [-0.05, 0) is 48.5 Å². The maximum absolute atomic E-state index is 13.7. The summed E-state index contributed by atoms with van der Waals surface area (Å²) in [6.07, 6.45) is 0.348. The number of aliphatic carboxylic acids is 1. The Hall–Kier alpha value is -2.33. The highest BCUT2D eigenvalue weighted by Crippen LogP contribution is 2.37. The fourth-order valence-electron chi connectivity index (χ4n) is 3.61. The van der Waals surface area contributed by atoms with Crippen molar-refractivity contribution in [2.24, 2.45) is 0 Å². The highest BCUT2D eigenvalue weighted by molar-refractivity contribution is 9.11. The number of nitrogens with zero attached hydrogens (tertiary/aromatic N) is 2. The molecule has 0 radical (unpaired) electrons. The van der Waals surface area contributed by atoms with Crippen LogP contribution in [-0.4, -0.2) is 43.0 Å². The predicted molar refractivity (Wildman–Crippen MR) is 137 cm³/mol. The van der Waals surface area contributed by atoms with E-state index in [2.05, 4.69) is 31.9 Å². The van der Waals surface area contributed by atoms with Crippen molar-refractivity contribution in [1.29, 1.82) is 0 Å². The number of halogens is 3. The van der Waals surface area contributed by atoms with E-state index in [0.29, 0.717) is 11.4 Å². The topological polar surface area (TPSA) is 95.6 Å². The van der Waals surface area contributed by atoms with Crippen molar-refractivity contribution in [3.8, 4) is 22.5 Å². The Balaban J connectivity index is 2.14. The molecule has 2 atom stereocenters. The van der Waals surface area contributed by atoms with E-state index in [4.69, 9.17) is 10.1 Å². The third-order valence-corrected chi connectivity index (χ3v) is 6.01. The molecule has 0 bridgehead atoms. The average Bonchev–Trinajstić information content (AvgIpc) is 3.11. The molecule has 34 heavy (non-hydrogen) atoms. The van der Waals surface area contributed by atoms with Gasteiger partial charge in [-0.3, -0.25) is 4.79 Å². The molecule has 2 unspecified atom stereocenters. The van der Waals surface area contributed by atoms with Crippen LogP contribution in [0, 0.1) is 5.82 Å². The zero-order valence-corrected chi connectivity index (χ0v) is 21.8. The number of aliphatic hydroxyl groups excluding tert-OH is 2. The molecule has 0 aliphatic rings. The highest BCUT2D eigenvalue weighted by Gasteiger charge is 2.22. The number of carboxylic acid groups (broad SMARTS) is 1. The fraction of sp³-hybridized carbons (Fsp3) is 0.280. The summed E-state index contributed by atoms with van der Waals surface area (Å²) in [7, 11) is 0. The van der Waals surface area contributed by atoms with Crippen LogP contribution in [0.2, 0.25) is 0 Å². The zero-order chi connectivity index (χ0) is 25.0. The van der Waals surface area contributed by atoms with Gasteiger partial charge in [0, 0.05) is 38.6 Å². The molecular weight excluding hydrogens is 571 g/mol. The molecule has 180 valence electrons. The SMILES string of the molecule is CC(C)c1nc(-c2cc(Br)cc(Br)c2)c(-c2ccc(F)cc2)n1/C=C/C(O)CC(O)CC(=O)O. The van der Waals surface area contributed by atoms with Crippen molar-refractivity contribution in [2.45, 2.75) is 44.8 Å². The molecule has 9 heteroatoms. The molecule has 0 saturated heterocycles. The maximum atomic E-state index is 13.7. The van der Waals surface area contributed by atoms with Gasteiger partial charge in [-0.1, -0.05) is 45.7 Å². The number of aliphatic hydroxyl groups is 2.